The Balaban J connectivity index is 1.72. The molecule has 2 heterocycles. The fourth-order valence-electron chi connectivity index (χ4n) is 8.28. The summed E-state index contributed by atoms with van der Waals surface area (Å²) in [7, 11) is 0. The minimum atomic E-state index is -1.71. The van der Waals surface area contributed by atoms with Crippen molar-refractivity contribution in [1.82, 2.24) is 0 Å². The topological polar surface area (TPSA) is 214 Å². The van der Waals surface area contributed by atoms with E-state index in [9.17, 15) is 40.5 Å². The van der Waals surface area contributed by atoms with Crippen LogP contribution in [0.2, 0.25) is 0 Å². The maximum absolute atomic E-state index is 13.0. The van der Waals surface area contributed by atoms with Gasteiger partial charge >= 0.3 is 5.97 Å². The van der Waals surface area contributed by atoms with E-state index in [1.54, 1.807) is 0 Å². The van der Waals surface area contributed by atoms with Crippen LogP contribution in [-0.4, -0.2) is 142 Å². The molecule has 0 aromatic heterocycles. The van der Waals surface area contributed by atoms with E-state index in [0.29, 0.717) is 13.0 Å². The van der Waals surface area contributed by atoms with Crippen LogP contribution in [0.5, 0.6) is 0 Å². The highest BCUT2D eigenvalue weighted by Gasteiger charge is 2.47. The van der Waals surface area contributed by atoms with Gasteiger partial charge in [0.2, 0.25) is 0 Å². The first-order valence-corrected chi connectivity index (χ1v) is 26.7. The second-order valence-corrected chi connectivity index (χ2v) is 18.7. The molecular weight excluding hydrogens is 873 g/mol. The number of carbonyl (C=O) groups is 1. The van der Waals surface area contributed by atoms with Crippen LogP contribution >= 0.6 is 0 Å². The Bertz CT molecular complexity index is 1310. The van der Waals surface area contributed by atoms with Crippen molar-refractivity contribution in [3.63, 3.8) is 0 Å². The molecule has 2 saturated heterocycles. The maximum atomic E-state index is 13.0. The van der Waals surface area contributed by atoms with Crippen molar-refractivity contribution in [3.05, 3.63) is 48.6 Å². The molecule has 0 spiro atoms. The van der Waals surface area contributed by atoms with Crippen LogP contribution in [0.1, 0.15) is 187 Å². The van der Waals surface area contributed by atoms with Crippen molar-refractivity contribution >= 4 is 5.97 Å². The molecule has 0 amide bonds. The van der Waals surface area contributed by atoms with E-state index >= 15 is 0 Å². The lowest BCUT2D eigenvalue weighted by Crippen LogP contribution is -2.61. The second-order valence-electron chi connectivity index (χ2n) is 18.7. The zero-order chi connectivity index (χ0) is 49.5. The van der Waals surface area contributed by atoms with Gasteiger partial charge in [-0.25, -0.2) is 0 Å². The summed E-state index contributed by atoms with van der Waals surface area (Å²) in [6, 6.07) is 0. The van der Waals surface area contributed by atoms with Crippen molar-refractivity contribution in [3.8, 4) is 0 Å². The zero-order valence-corrected chi connectivity index (χ0v) is 42.1. The summed E-state index contributed by atoms with van der Waals surface area (Å²) >= 11 is 0. The first kappa shape index (κ1) is 62.1. The molecule has 0 bridgehead atoms. The fourth-order valence-corrected chi connectivity index (χ4v) is 8.28. The number of unbranched alkanes of at least 4 members (excludes halogenated alkanes) is 20. The molecule has 11 unspecified atom stereocenters. The van der Waals surface area contributed by atoms with Gasteiger partial charge in [0.1, 0.15) is 54.9 Å². The standard InChI is InChI=1S/C54H96O14/c1-3-5-7-9-11-13-15-17-18-19-20-21-22-23-24-25-26-28-30-32-34-36-38-63-40-43(66-46(56)37-35-33-31-29-27-16-14-12-10-8-6-4-2)41-64-53-52(62)50(60)48(58)45(68-53)42-65-54-51(61)49(59)47(57)44(39-55)67-54/h5,7,11,13,17-18,20-21,43-45,47-55,57-62H,3-4,6,8-10,12,14-16,19,22-42H2,1-2H3/b7-5-,13-11-,18-17-,21-20-. The number of ether oxygens (including phenoxy) is 6. The molecule has 2 fully saturated rings. The molecule has 14 heteroatoms. The summed E-state index contributed by atoms with van der Waals surface area (Å²) in [6.45, 7) is 3.56. The third-order valence-electron chi connectivity index (χ3n) is 12.6. The monoisotopic (exact) mass is 969 g/mol. The first-order valence-electron chi connectivity index (χ1n) is 26.7. The molecule has 7 N–H and O–H groups in total. The third kappa shape index (κ3) is 28.7. The number of allylic oxidation sites excluding steroid dienone is 8. The molecule has 0 aromatic carbocycles. The van der Waals surface area contributed by atoms with Crippen molar-refractivity contribution in [2.45, 2.75) is 255 Å². The van der Waals surface area contributed by atoms with Crippen LogP contribution in [0.25, 0.3) is 0 Å². The van der Waals surface area contributed by atoms with E-state index in [1.807, 2.05) is 0 Å². The number of aliphatic hydroxyl groups excluding tert-OH is 7. The Labute approximate surface area is 410 Å². The predicted molar refractivity (Wildman–Crippen MR) is 266 cm³/mol. The molecule has 14 nitrogen and oxygen atoms in total. The average Bonchev–Trinajstić information content (AvgIpc) is 3.33. The Kier molecular flexibility index (Phi) is 37.9. The van der Waals surface area contributed by atoms with Crippen LogP contribution < -0.4 is 0 Å². The van der Waals surface area contributed by atoms with Crippen LogP contribution in [0.15, 0.2) is 48.6 Å². The SMILES string of the molecule is CC/C=C\C/C=C\C/C=C\C/C=C\CCCCCCCCCCCOCC(COC1OC(COC2OC(CO)C(O)C(O)C2O)C(O)C(O)C1O)OC(=O)CCCCCCCCCCCCCC. The lowest BCUT2D eigenvalue weighted by molar-refractivity contribution is -0.332. The second kappa shape index (κ2) is 41.6. The molecule has 0 saturated carbocycles. The number of carbonyl (C=O) groups excluding carboxylic acids is 1. The van der Waals surface area contributed by atoms with Gasteiger partial charge < -0.3 is 64.2 Å². The maximum Gasteiger partial charge on any atom is 0.306 e. The normalized spacial score (nSPS) is 26.2. The van der Waals surface area contributed by atoms with Gasteiger partial charge in [-0.05, 0) is 51.4 Å². The van der Waals surface area contributed by atoms with Crippen LogP contribution in [0.3, 0.4) is 0 Å². The number of hydrogen-bond donors (Lipinski definition) is 7. The van der Waals surface area contributed by atoms with Crippen molar-refractivity contribution in [1.29, 1.82) is 0 Å². The highest BCUT2D eigenvalue weighted by molar-refractivity contribution is 5.69. The fraction of sp³-hybridized carbons (Fsp3) is 0.833. The van der Waals surface area contributed by atoms with E-state index in [-0.39, 0.29) is 25.6 Å². The first-order chi connectivity index (χ1) is 33.1. The van der Waals surface area contributed by atoms with Gasteiger partial charge in [-0.15, -0.1) is 0 Å². The van der Waals surface area contributed by atoms with Gasteiger partial charge in [-0.3, -0.25) is 4.79 Å². The highest BCUT2D eigenvalue weighted by Crippen LogP contribution is 2.26. The number of esters is 1. The van der Waals surface area contributed by atoms with Crippen molar-refractivity contribution in [2.24, 2.45) is 0 Å². The van der Waals surface area contributed by atoms with E-state index in [1.165, 1.54) is 89.9 Å². The summed E-state index contributed by atoms with van der Waals surface area (Å²) in [5, 5.41) is 72.1. The predicted octanol–water partition coefficient (Wildman–Crippen LogP) is 8.35. The van der Waals surface area contributed by atoms with Gasteiger partial charge in [-0.2, -0.15) is 0 Å². The van der Waals surface area contributed by atoms with E-state index < -0.39 is 80.7 Å². The summed E-state index contributed by atoms with van der Waals surface area (Å²) in [5.41, 5.74) is 0. The number of aliphatic hydroxyl groups is 7. The lowest BCUT2D eigenvalue weighted by atomic mass is 9.98. The molecule has 2 aliphatic heterocycles. The molecule has 0 radical (unpaired) electrons. The average molecular weight is 969 g/mol. The van der Waals surface area contributed by atoms with Gasteiger partial charge in [0.15, 0.2) is 12.6 Å². The van der Waals surface area contributed by atoms with Crippen LogP contribution in [0, 0.1) is 0 Å². The van der Waals surface area contributed by atoms with Crippen molar-refractivity contribution < 1.29 is 69.0 Å². The molecule has 2 aliphatic rings. The summed E-state index contributed by atoms with van der Waals surface area (Å²) in [5.74, 6) is -0.379. The van der Waals surface area contributed by atoms with E-state index in [2.05, 4.69) is 62.5 Å². The van der Waals surface area contributed by atoms with Gasteiger partial charge in [0, 0.05) is 13.0 Å². The number of hydrogen-bond acceptors (Lipinski definition) is 14. The third-order valence-corrected chi connectivity index (χ3v) is 12.6. The summed E-state index contributed by atoms with van der Waals surface area (Å²) in [4.78, 5) is 13.0. The molecule has 396 valence electrons. The molecule has 0 aromatic rings. The Morgan fingerprint density at radius 3 is 1.50 bits per heavy atom. The van der Waals surface area contributed by atoms with E-state index in [4.69, 9.17) is 28.4 Å². The Morgan fingerprint density at radius 1 is 0.500 bits per heavy atom. The molecular formula is C54H96O14. The molecule has 11 atom stereocenters. The zero-order valence-electron chi connectivity index (χ0n) is 42.1. The van der Waals surface area contributed by atoms with Gasteiger partial charge in [0.25, 0.3) is 0 Å². The highest BCUT2D eigenvalue weighted by atomic mass is 16.7. The van der Waals surface area contributed by atoms with E-state index in [0.717, 1.165) is 70.6 Å². The Hall–Kier alpha value is -2.05. The molecule has 0 aliphatic carbocycles. The molecule has 68 heavy (non-hydrogen) atoms. The lowest BCUT2D eigenvalue weighted by Gasteiger charge is -2.42. The summed E-state index contributed by atoms with van der Waals surface area (Å²) < 4.78 is 34.3. The minimum Gasteiger partial charge on any atom is -0.457 e. The van der Waals surface area contributed by atoms with Crippen LogP contribution in [0.4, 0.5) is 0 Å². The largest absolute Gasteiger partial charge is 0.457 e. The quantitative estimate of drug-likeness (QED) is 0.0174. The van der Waals surface area contributed by atoms with Crippen LogP contribution in [-0.2, 0) is 33.2 Å². The molecule has 2 rings (SSSR count). The summed E-state index contributed by atoms with van der Waals surface area (Å²) in [6.07, 6.45) is 31.7. The minimum absolute atomic E-state index is 0.0583. The van der Waals surface area contributed by atoms with Gasteiger partial charge in [-0.1, -0.05) is 178 Å². The van der Waals surface area contributed by atoms with Gasteiger partial charge in [0.05, 0.1) is 26.4 Å². The number of rotatable bonds is 42. The van der Waals surface area contributed by atoms with Crippen molar-refractivity contribution in [2.75, 3.05) is 33.0 Å². The Morgan fingerprint density at radius 2 is 0.956 bits per heavy atom. The smallest absolute Gasteiger partial charge is 0.306 e.